The summed E-state index contributed by atoms with van der Waals surface area (Å²) in [5.74, 6) is 0. The van der Waals surface area contributed by atoms with Gasteiger partial charge in [0.1, 0.15) is 4.90 Å². The molecule has 6 nitrogen and oxygen atoms in total. The zero-order valence-electron chi connectivity index (χ0n) is 14.2. The lowest BCUT2D eigenvalue weighted by molar-refractivity contribution is 0.346. The summed E-state index contributed by atoms with van der Waals surface area (Å²) in [7, 11) is -7.70. The molecule has 146 valence electrons. The normalized spacial score (nSPS) is 16.2. The number of nitrogens with one attached hydrogen (secondary N) is 1. The number of halogens is 2. The minimum absolute atomic E-state index is 0.0176. The molecule has 0 saturated carbocycles. The van der Waals surface area contributed by atoms with Crippen molar-refractivity contribution < 1.29 is 16.8 Å². The molecule has 1 aliphatic heterocycles. The van der Waals surface area contributed by atoms with Crippen LogP contribution in [0.4, 0.5) is 5.69 Å². The fourth-order valence-electron chi connectivity index (χ4n) is 2.87. The van der Waals surface area contributed by atoms with Crippen molar-refractivity contribution in [2.24, 2.45) is 0 Å². The highest BCUT2D eigenvalue weighted by Crippen LogP contribution is 2.28. The second-order valence-electron chi connectivity index (χ2n) is 6.17. The van der Waals surface area contributed by atoms with Gasteiger partial charge in [0.25, 0.3) is 10.0 Å². The molecule has 0 unspecified atom stereocenters. The van der Waals surface area contributed by atoms with Crippen molar-refractivity contribution in [3.8, 4) is 0 Å². The second kappa shape index (κ2) is 7.97. The van der Waals surface area contributed by atoms with Crippen LogP contribution in [-0.2, 0) is 20.0 Å². The molecule has 1 heterocycles. The average molecular weight is 449 g/mol. The maximum absolute atomic E-state index is 12.8. The van der Waals surface area contributed by atoms with Crippen LogP contribution < -0.4 is 4.72 Å². The molecule has 0 aliphatic carbocycles. The highest BCUT2D eigenvalue weighted by atomic mass is 35.5. The first-order valence-electron chi connectivity index (χ1n) is 8.28. The van der Waals surface area contributed by atoms with E-state index in [1.54, 1.807) is 0 Å². The molecule has 2 aromatic rings. The van der Waals surface area contributed by atoms with E-state index in [4.69, 9.17) is 23.2 Å². The van der Waals surface area contributed by atoms with Gasteiger partial charge in [-0.15, -0.1) is 0 Å². The highest BCUT2D eigenvalue weighted by molar-refractivity contribution is 7.93. The van der Waals surface area contributed by atoms with Crippen LogP contribution in [0.2, 0.25) is 10.0 Å². The fourth-order valence-corrected chi connectivity index (χ4v) is 6.24. The first-order valence-corrected chi connectivity index (χ1v) is 12.0. The van der Waals surface area contributed by atoms with Gasteiger partial charge in [0.15, 0.2) is 0 Å². The molecule has 0 bridgehead atoms. The third-order valence-electron chi connectivity index (χ3n) is 4.22. The SMILES string of the molecule is O=S(=O)(Nc1cccc(S(=O)(=O)N2CCCCC2)c1)c1cc(Cl)ccc1Cl. The number of hydrogen-bond donors (Lipinski definition) is 1. The van der Waals surface area contributed by atoms with Gasteiger partial charge in [0, 0.05) is 18.1 Å². The van der Waals surface area contributed by atoms with E-state index >= 15 is 0 Å². The molecule has 2 aromatic carbocycles. The van der Waals surface area contributed by atoms with Crippen molar-refractivity contribution in [2.75, 3.05) is 17.8 Å². The number of benzene rings is 2. The Hall–Kier alpha value is -1.32. The van der Waals surface area contributed by atoms with Crippen molar-refractivity contribution >= 4 is 48.9 Å². The Morgan fingerprint density at radius 3 is 2.30 bits per heavy atom. The second-order valence-corrected chi connectivity index (χ2v) is 10.6. The van der Waals surface area contributed by atoms with Gasteiger partial charge in [-0.3, -0.25) is 4.72 Å². The van der Waals surface area contributed by atoms with Gasteiger partial charge >= 0.3 is 0 Å². The maximum Gasteiger partial charge on any atom is 0.263 e. The molecular weight excluding hydrogens is 431 g/mol. The minimum Gasteiger partial charge on any atom is -0.280 e. The molecule has 1 saturated heterocycles. The lowest BCUT2D eigenvalue weighted by Gasteiger charge is -2.26. The Labute approximate surface area is 169 Å². The molecule has 0 atom stereocenters. The van der Waals surface area contributed by atoms with Crippen LogP contribution in [0.1, 0.15) is 19.3 Å². The van der Waals surface area contributed by atoms with E-state index in [0.29, 0.717) is 13.1 Å². The Morgan fingerprint density at radius 2 is 1.59 bits per heavy atom. The van der Waals surface area contributed by atoms with Crippen molar-refractivity contribution in [1.29, 1.82) is 0 Å². The lowest BCUT2D eigenvalue weighted by Crippen LogP contribution is -2.35. The highest BCUT2D eigenvalue weighted by Gasteiger charge is 2.26. The number of rotatable bonds is 5. The summed E-state index contributed by atoms with van der Waals surface area (Å²) in [5.41, 5.74) is 0.129. The molecule has 0 spiro atoms. The third kappa shape index (κ3) is 4.57. The number of sulfonamides is 2. The zero-order valence-corrected chi connectivity index (χ0v) is 17.4. The summed E-state index contributed by atoms with van der Waals surface area (Å²) >= 11 is 11.8. The Balaban J connectivity index is 1.91. The summed E-state index contributed by atoms with van der Waals surface area (Å²) in [6, 6.07) is 9.83. The smallest absolute Gasteiger partial charge is 0.263 e. The van der Waals surface area contributed by atoms with E-state index in [1.807, 2.05) is 0 Å². The molecule has 1 fully saturated rings. The minimum atomic E-state index is -4.03. The van der Waals surface area contributed by atoms with Crippen molar-refractivity contribution in [1.82, 2.24) is 4.31 Å². The first kappa shape index (κ1) is 20.4. The lowest BCUT2D eigenvalue weighted by atomic mass is 10.2. The molecule has 3 rings (SSSR count). The molecule has 0 aromatic heterocycles. The third-order valence-corrected chi connectivity index (χ3v) is 8.21. The van der Waals surface area contributed by atoms with Crippen LogP contribution in [0.3, 0.4) is 0 Å². The molecular formula is C17H18Cl2N2O4S2. The Bertz CT molecular complexity index is 1050. The zero-order chi connectivity index (χ0) is 19.7. The van der Waals surface area contributed by atoms with E-state index in [9.17, 15) is 16.8 Å². The van der Waals surface area contributed by atoms with E-state index in [1.165, 1.54) is 46.8 Å². The van der Waals surface area contributed by atoms with Gasteiger partial charge in [0.05, 0.1) is 15.6 Å². The van der Waals surface area contributed by atoms with Gasteiger partial charge < -0.3 is 0 Å². The van der Waals surface area contributed by atoms with E-state index in [0.717, 1.165) is 19.3 Å². The van der Waals surface area contributed by atoms with E-state index in [-0.39, 0.29) is 25.5 Å². The quantitative estimate of drug-likeness (QED) is 0.749. The Morgan fingerprint density at radius 1 is 0.889 bits per heavy atom. The molecule has 10 heteroatoms. The summed E-state index contributed by atoms with van der Waals surface area (Å²) in [5, 5.41) is 0.241. The molecule has 1 aliphatic rings. The number of anilines is 1. The standard InChI is InChI=1S/C17H18Cl2N2O4S2/c18-13-7-8-16(19)17(11-13)26(22,23)20-14-5-4-6-15(12-14)27(24,25)21-9-2-1-3-10-21/h4-8,11-12,20H,1-3,9-10H2. The molecule has 27 heavy (non-hydrogen) atoms. The molecule has 0 amide bonds. The summed E-state index contributed by atoms with van der Waals surface area (Å²) in [6.45, 7) is 0.937. The predicted molar refractivity (Wildman–Crippen MR) is 106 cm³/mol. The van der Waals surface area contributed by atoms with E-state index in [2.05, 4.69) is 4.72 Å². The van der Waals surface area contributed by atoms with Crippen LogP contribution in [0.25, 0.3) is 0 Å². The number of nitrogens with zero attached hydrogens (tertiary/aromatic N) is 1. The van der Waals surface area contributed by atoms with E-state index < -0.39 is 20.0 Å². The van der Waals surface area contributed by atoms with Crippen LogP contribution in [0.15, 0.2) is 52.3 Å². The monoisotopic (exact) mass is 448 g/mol. The number of hydrogen-bond acceptors (Lipinski definition) is 4. The van der Waals surface area contributed by atoms with Gasteiger partial charge in [-0.2, -0.15) is 4.31 Å². The number of piperidine rings is 1. The van der Waals surface area contributed by atoms with Gasteiger partial charge in [-0.1, -0.05) is 35.7 Å². The van der Waals surface area contributed by atoms with Crippen molar-refractivity contribution in [3.05, 3.63) is 52.5 Å². The van der Waals surface area contributed by atoms with Gasteiger partial charge in [-0.25, -0.2) is 16.8 Å². The largest absolute Gasteiger partial charge is 0.280 e. The van der Waals surface area contributed by atoms with Gasteiger partial charge in [0.2, 0.25) is 10.0 Å². The predicted octanol–water partition coefficient (Wildman–Crippen LogP) is 3.97. The van der Waals surface area contributed by atoms with Crippen LogP contribution in [0.5, 0.6) is 0 Å². The van der Waals surface area contributed by atoms with Crippen molar-refractivity contribution in [3.63, 3.8) is 0 Å². The fraction of sp³-hybridized carbons (Fsp3) is 0.294. The average Bonchev–Trinajstić information content (AvgIpc) is 2.64. The summed E-state index contributed by atoms with van der Waals surface area (Å²) in [4.78, 5) is -0.136. The van der Waals surface area contributed by atoms with Gasteiger partial charge in [-0.05, 0) is 49.2 Å². The van der Waals surface area contributed by atoms with Crippen LogP contribution in [-0.4, -0.2) is 34.2 Å². The first-order chi connectivity index (χ1) is 12.7. The maximum atomic E-state index is 12.8. The van der Waals surface area contributed by atoms with Crippen LogP contribution >= 0.6 is 23.2 Å². The Kier molecular flexibility index (Phi) is 6.02. The topological polar surface area (TPSA) is 83.5 Å². The summed E-state index contributed by atoms with van der Waals surface area (Å²) < 4.78 is 54.6. The van der Waals surface area contributed by atoms with Crippen LogP contribution in [0, 0.1) is 0 Å². The van der Waals surface area contributed by atoms with Crippen molar-refractivity contribution in [2.45, 2.75) is 29.1 Å². The molecule has 1 N–H and O–H groups in total. The molecule has 0 radical (unpaired) electrons. The summed E-state index contributed by atoms with van der Waals surface area (Å²) in [6.07, 6.45) is 2.64.